The number of anilines is 3. The molecule has 1 aromatic heterocycles. The number of ether oxygens (including phenoxy) is 1. The Balaban J connectivity index is 1.87. The Hall–Kier alpha value is -4.15. The number of benzene rings is 2. The van der Waals surface area contributed by atoms with Crippen LogP contribution in [0.1, 0.15) is 19.4 Å². The third kappa shape index (κ3) is 6.69. The van der Waals surface area contributed by atoms with Crippen molar-refractivity contribution in [2.24, 2.45) is 5.92 Å². The van der Waals surface area contributed by atoms with Crippen molar-refractivity contribution in [1.29, 1.82) is 0 Å². The second-order valence-corrected chi connectivity index (χ2v) is 8.22. The zero-order valence-corrected chi connectivity index (χ0v) is 19.3. The summed E-state index contributed by atoms with van der Waals surface area (Å²) in [5.41, 5.74) is 5.99. The Kier molecular flexibility index (Phi) is 8.24. The van der Waals surface area contributed by atoms with Gasteiger partial charge in [-0.3, -0.25) is 19.1 Å². The maximum Gasteiger partial charge on any atom is 0.387 e. The number of carbonyl (C=O) groups is 1. The molecule has 0 aliphatic heterocycles. The van der Waals surface area contributed by atoms with E-state index in [1.165, 1.54) is 33.7 Å². The summed E-state index contributed by atoms with van der Waals surface area (Å²) in [7, 11) is 0. The van der Waals surface area contributed by atoms with Gasteiger partial charge in [-0.2, -0.15) is 8.78 Å². The third-order valence-corrected chi connectivity index (χ3v) is 5.04. The van der Waals surface area contributed by atoms with E-state index < -0.39 is 23.8 Å². The summed E-state index contributed by atoms with van der Waals surface area (Å²) in [6.45, 7) is 0.898. The molecule has 2 aromatic carbocycles. The quantitative estimate of drug-likeness (QED) is 0.404. The van der Waals surface area contributed by atoms with E-state index in [4.69, 9.17) is 5.73 Å². The lowest BCUT2D eigenvalue weighted by Gasteiger charge is -2.26. The van der Waals surface area contributed by atoms with Crippen LogP contribution in [-0.4, -0.2) is 35.2 Å². The Morgan fingerprint density at radius 1 is 1.11 bits per heavy atom. The van der Waals surface area contributed by atoms with Gasteiger partial charge in [-0.15, -0.1) is 0 Å². The molecule has 11 heteroatoms. The monoisotopic (exact) mass is 487 g/mol. The van der Waals surface area contributed by atoms with Gasteiger partial charge in [0.25, 0.3) is 5.56 Å². The fourth-order valence-corrected chi connectivity index (χ4v) is 3.47. The van der Waals surface area contributed by atoms with Crippen LogP contribution in [0, 0.1) is 5.92 Å². The van der Waals surface area contributed by atoms with E-state index in [0.717, 1.165) is 5.56 Å². The number of hydrogen-bond donors (Lipinski definition) is 3. The molecular weight excluding hydrogens is 460 g/mol. The highest BCUT2D eigenvalue weighted by molar-refractivity contribution is 5.98. The number of halogens is 2. The number of rotatable bonds is 10. The van der Waals surface area contributed by atoms with E-state index in [1.54, 1.807) is 0 Å². The molecule has 9 nitrogen and oxygen atoms in total. The van der Waals surface area contributed by atoms with Gasteiger partial charge in [0.15, 0.2) is 5.69 Å². The molecule has 0 atom stereocenters. The zero-order chi connectivity index (χ0) is 25.5. The van der Waals surface area contributed by atoms with Crippen LogP contribution in [0.3, 0.4) is 0 Å². The van der Waals surface area contributed by atoms with Crippen molar-refractivity contribution >= 4 is 23.1 Å². The summed E-state index contributed by atoms with van der Waals surface area (Å²) in [6, 6.07) is 14.7. The first-order chi connectivity index (χ1) is 16.7. The highest BCUT2D eigenvalue weighted by atomic mass is 19.3. The topological polar surface area (TPSA) is 122 Å². The van der Waals surface area contributed by atoms with Crippen LogP contribution in [0.4, 0.5) is 26.0 Å². The first kappa shape index (κ1) is 25.5. The molecule has 0 saturated heterocycles. The molecule has 3 rings (SSSR count). The van der Waals surface area contributed by atoms with Gasteiger partial charge in [0.2, 0.25) is 5.91 Å². The number of nitrogen functional groups attached to an aromatic ring is 1. The number of hydrogen-bond acceptors (Lipinski definition) is 6. The number of carbonyl (C=O) groups excluding carboxylic acids is 1. The van der Waals surface area contributed by atoms with E-state index in [9.17, 15) is 23.2 Å². The van der Waals surface area contributed by atoms with Gasteiger partial charge in [-0.05, 0) is 35.7 Å². The Morgan fingerprint density at radius 3 is 2.37 bits per heavy atom. The van der Waals surface area contributed by atoms with Crippen molar-refractivity contribution in [3.05, 3.63) is 81.0 Å². The van der Waals surface area contributed by atoms with E-state index >= 15 is 0 Å². The predicted molar refractivity (Wildman–Crippen MR) is 130 cm³/mol. The van der Waals surface area contributed by atoms with E-state index in [0.29, 0.717) is 5.69 Å². The van der Waals surface area contributed by atoms with Crippen LogP contribution in [0.5, 0.6) is 5.75 Å². The molecule has 35 heavy (non-hydrogen) atoms. The molecular formula is C24H27F2N5O4. The van der Waals surface area contributed by atoms with Crippen molar-refractivity contribution in [1.82, 2.24) is 9.55 Å². The van der Waals surface area contributed by atoms with Gasteiger partial charge in [0, 0.05) is 12.2 Å². The summed E-state index contributed by atoms with van der Waals surface area (Å²) in [5.74, 6) is -0.616. The molecule has 1 amide bonds. The lowest BCUT2D eigenvalue weighted by molar-refractivity contribution is -0.117. The zero-order valence-electron chi connectivity index (χ0n) is 19.3. The van der Waals surface area contributed by atoms with E-state index in [2.05, 4.69) is 15.0 Å². The van der Waals surface area contributed by atoms with E-state index in [-0.39, 0.29) is 42.8 Å². The molecule has 0 unspecified atom stereocenters. The highest BCUT2D eigenvalue weighted by Crippen LogP contribution is 2.21. The van der Waals surface area contributed by atoms with Crippen LogP contribution < -0.4 is 31.9 Å². The molecule has 0 radical (unpaired) electrons. The second kappa shape index (κ2) is 11.3. The predicted octanol–water partition coefficient (Wildman–Crippen LogP) is 2.87. The van der Waals surface area contributed by atoms with Crippen LogP contribution in [-0.2, 0) is 11.3 Å². The standard InChI is InChI=1S/C24H27F2N5O4/c1-15(2)13-30(19(32)12-28-17-8-10-18(11-9-17)35-23(25)26)20-21(27)31(24(34)29-22(20)33)14-16-6-4-3-5-7-16/h3-11,15,23,28H,12-14,27H2,1-2H3,(H,29,33,34). The smallest absolute Gasteiger partial charge is 0.387 e. The van der Waals surface area contributed by atoms with Crippen LogP contribution >= 0.6 is 0 Å². The highest BCUT2D eigenvalue weighted by Gasteiger charge is 2.25. The minimum Gasteiger partial charge on any atom is -0.435 e. The number of amides is 1. The molecule has 0 aliphatic carbocycles. The maximum atomic E-state index is 13.2. The lowest BCUT2D eigenvalue weighted by atomic mass is 10.2. The van der Waals surface area contributed by atoms with Gasteiger partial charge >= 0.3 is 12.3 Å². The number of aromatic amines is 1. The molecule has 0 saturated carbocycles. The molecule has 4 N–H and O–H groups in total. The molecule has 0 aliphatic rings. The normalized spacial score (nSPS) is 11.0. The summed E-state index contributed by atoms with van der Waals surface area (Å²) in [5, 5.41) is 2.90. The molecule has 0 spiro atoms. The number of nitrogens with one attached hydrogen (secondary N) is 2. The number of aromatic nitrogens is 2. The largest absolute Gasteiger partial charge is 0.435 e. The summed E-state index contributed by atoms with van der Waals surface area (Å²) in [4.78, 5) is 41.9. The molecule has 3 aromatic rings. The van der Waals surface area contributed by atoms with Gasteiger partial charge < -0.3 is 20.7 Å². The van der Waals surface area contributed by atoms with Gasteiger partial charge in [-0.25, -0.2) is 4.79 Å². The number of nitrogens with two attached hydrogens (primary N) is 1. The first-order valence-electron chi connectivity index (χ1n) is 10.9. The van der Waals surface area contributed by atoms with Crippen molar-refractivity contribution in [2.75, 3.05) is 29.0 Å². The van der Waals surface area contributed by atoms with Crippen LogP contribution in [0.15, 0.2) is 64.2 Å². The first-order valence-corrected chi connectivity index (χ1v) is 10.9. The third-order valence-electron chi connectivity index (χ3n) is 5.04. The fourth-order valence-electron chi connectivity index (χ4n) is 3.47. The average Bonchev–Trinajstić information content (AvgIpc) is 2.80. The number of H-pyrrole nitrogens is 1. The number of nitrogens with zero attached hydrogens (tertiary/aromatic N) is 2. The molecule has 0 fully saturated rings. The second-order valence-electron chi connectivity index (χ2n) is 8.22. The summed E-state index contributed by atoms with van der Waals surface area (Å²) >= 11 is 0. The SMILES string of the molecule is CC(C)CN(C(=O)CNc1ccc(OC(F)F)cc1)c1c(N)n(Cc2ccccc2)c(=O)[nH]c1=O. The van der Waals surface area contributed by atoms with E-state index in [1.807, 2.05) is 44.2 Å². The molecule has 1 heterocycles. The summed E-state index contributed by atoms with van der Waals surface area (Å²) < 4.78 is 30.2. The Bertz CT molecular complexity index is 1260. The van der Waals surface area contributed by atoms with Crippen molar-refractivity contribution in [2.45, 2.75) is 27.0 Å². The fraction of sp³-hybridized carbons (Fsp3) is 0.292. The summed E-state index contributed by atoms with van der Waals surface area (Å²) in [6.07, 6.45) is 0. The minimum atomic E-state index is -2.94. The minimum absolute atomic E-state index is 0.0155. The lowest BCUT2D eigenvalue weighted by Crippen LogP contribution is -2.44. The van der Waals surface area contributed by atoms with Crippen molar-refractivity contribution < 1.29 is 18.3 Å². The molecule has 0 bridgehead atoms. The Labute approximate surface area is 200 Å². The maximum absolute atomic E-state index is 13.2. The number of alkyl halides is 2. The average molecular weight is 488 g/mol. The Morgan fingerprint density at radius 2 is 1.77 bits per heavy atom. The van der Waals surface area contributed by atoms with Crippen molar-refractivity contribution in [3.63, 3.8) is 0 Å². The van der Waals surface area contributed by atoms with Crippen LogP contribution in [0.25, 0.3) is 0 Å². The van der Waals surface area contributed by atoms with Gasteiger partial charge in [0.1, 0.15) is 11.6 Å². The van der Waals surface area contributed by atoms with Gasteiger partial charge in [0.05, 0.1) is 13.1 Å². The van der Waals surface area contributed by atoms with Crippen LogP contribution in [0.2, 0.25) is 0 Å². The molecule has 186 valence electrons. The van der Waals surface area contributed by atoms with Gasteiger partial charge in [-0.1, -0.05) is 44.2 Å². The van der Waals surface area contributed by atoms with Crippen molar-refractivity contribution in [3.8, 4) is 5.75 Å².